The van der Waals surface area contributed by atoms with Gasteiger partial charge in [0.05, 0.1) is 6.10 Å². The van der Waals surface area contributed by atoms with Crippen molar-refractivity contribution in [2.45, 2.75) is 32.8 Å². The molecule has 1 aromatic rings. The smallest absolute Gasteiger partial charge is 0.317 e. The van der Waals surface area contributed by atoms with Crippen molar-refractivity contribution in [3.63, 3.8) is 0 Å². The largest absolute Gasteiger partial charge is 0.462 e. The SMILES string of the molecule is CC(C)OC(=O)C1CCC#Cc2ccccc2C#CC1=O. The number of esters is 1. The summed E-state index contributed by atoms with van der Waals surface area (Å²) in [7, 11) is 0. The van der Waals surface area contributed by atoms with Gasteiger partial charge in [0.1, 0.15) is 5.92 Å². The first-order valence-corrected chi connectivity index (χ1v) is 6.92. The molecule has 1 aliphatic carbocycles. The van der Waals surface area contributed by atoms with E-state index >= 15 is 0 Å². The van der Waals surface area contributed by atoms with Crippen molar-refractivity contribution in [2.75, 3.05) is 0 Å². The number of rotatable bonds is 2. The Morgan fingerprint density at radius 1 is 1.19 bits per heavy atom. The van der Waals surface area contributed by atoms with E-state index in [1.54, 1.807) is 13.8 Å². The zero-order valence-corrected chi connectivity index (χ0v) is 12.1. The zero-order chi connectivity index (χ0) is 15.2. The van der Waals surface area contributed by atoms with Crippen molar-refractivity contribution in [2.24, 2.45) is 5.92 Å². The second kappa shape index (κ2) is 6.77. The number of ketones is 1. The molecule has 0 fully saturated rings. The monoisotopic (exact) mass is 280 g/mol. The Morgan fingerprint density at radius 3 is 2.52 bits per heavy atom. The average Bonchev–Trinajstić information content (AvgIpc) is 2.44. The summed E-state index contributed by atoms with van der Waals surface area (Å²) in [5.74, 6) is 9.63. The van der Waals surface area contributed by atoms with Crippen LogP contribution < -0.4 is 0 Å². The van der Waals surface area contributed by atoms with Gasteiger partial charge in [-0.15, -0.1) is 0 Å². The summed E-state index contributed by atoms with van der Waals surface area (Å²) in [5, 5.41) is 0. The van der Waals surface area contributed by atoms with Crippen molar-refractivity contribution < 1.29 is 14.3 Å². The van der Waals surface area contributed by atoms with Gasteiger partial charge in [-0.2, -0.15) is 0 Å². The minimum atomic E-state index is -0.848. The maximum Gasteiger partial charge on any atom is 0.317 e. The highest BCUT2D eigenvalue weighted by molar-refractivity contribution is 6.08. The number of ether oxygens (including phenoxy) is 1. The molecule has 0 N–H and O–H groups in total. The third kappa shape index (κ3) is 3.97. The summed E-state index contributed by atoms with van der Waals surface area (Å²) >= 11 is 0. The lowest BCUT2D eigenvalue weighted by Gasteiger charge is -2.14. The van der Waals surface area contributed by atoms with Crippen LogP contribution >= 0.6 is 0 Å². The second-order valence-electron chi connectivity index (χ2n) is 5.04. The van der Waals surface area contributed by atoms with E-state index in [2.05, 4.69) is 23.7 Å². The Balaban J connectivity index is 2.30. The molecular formula is C18H16O3. The van der Waals surface area contributed by atoms with Crippen LogP contribution in [0.1, 0.15) is 37.8 Å². The van der Waals surface area contributed by atoms with E-state index in [0.717, 1.165) is 5.56 Å². The first-order chi connectivity index (χ1) is 10.1. The van der Waals surface area contributed by atoms with E-state index in [1.807, 2.05) is 24.3 Å². The van der Waals surface area contributed by atoms with Gasteiger partial charge in [-0.3, -0.25) is 9.59 Å². The molecule has 1 aliphatic rings. The number of carbonyl (C=O) groups excluding carboxylic acids is 2. The highest BCUT2D eigenvalue weighted by Gasteiger charge is 2.27. The predicted molar refractivity (Wildman–Crippen MR) is 79.2 cm³/mol. The summed E-state index contributed by atoms with van der Waals surface area (Å²) in [5.41, 5.74) is 1.51. The van der Waals surface area contributed by atoms with Crippen LogP contribution in [0.2, 0.25) is 0 Å². The maximum atomic E-state index is 12.1. The summed E-state index contributed by atoms with van der Waals surface area (Å²) in [4.78, 5) is 24.1. The average molecular weight is 280 g/mol. The normalized spacial score (nSPS) is 16.9. The first kappa shape index (κ1) is 14.9. The Kier molecular flexibility index (Phi) is 4.80. The molecule has 0 aliphatic heterocycles. The molecule has 2 rings (SSSR count). The lowest BCUT2D eigenvalue weighted by molar-refractivity contribution is -0.154. The topological polar surface area (TPSA) is 43.4 Å². The molecule has 3 nitrogen and oxygen atoms in total. The molecule has 0 saturated heterocycles. The van der Waals surface area contributed by atoms with Gasteiger partial charge in [0, 0.05) is 17.5 Å². The van der Waals surface area contributed by atoms with Gasteiger partial charge in [0.2, 0.25) is 5.78 Å². The van der Waals surface area contributed by atoms with Crippen molar-refractivity contribution >= 4 is 11.8 Å². The number of benzene rings is 1. The molecule has 1 aromatic carbocycles. The highest BCUT2D eigenvalue weighted by Crippen LogP contribution is 2.13. The van der Waals surface area contributed by atoms with Crippen molar-refractivity contribution in [1.82, 2.24) is 0 Å². The minimum Gasteiger partial charge on any atom is -0.462 e. The molecule has 0 bridgehead atoms. The van der Waals surface area contributed by atoms with E-state index in [1.165, 1.54) is 0 Å². The lowest BCUT2D eigenvalue weighted by atomic mass is 9.96. The maximum absolute atomic E-state index is 12.1. The zero-order valence-electron chi connectivity index (χ0n) is 12.1. The summed E-state index contributed by atoms with van der Waals surface area (Å²) in [6.07, 6.45) is 0.550. The van der Waals surface area contributed by atoms with Crippen LogP contribution in [-0.2, 0) is 14.3 Å². The fourth-order valence-corrected chi connectivity index (χ4v) is 1.96. The standard InChI is InChI=1S/C18H16O3/c1-13(2)21-18(20)16-10-6-5-8-14-7-3-4-9-15(14)11-12-17(16)19/h3-4,7,9,13,16H,6,10H2,1-2H3. The van der Waals surface area contributed by atoms with Crippen LogP contribution in [0.25, 0.3) is 0 Å². The molecule has 21 heavy (non-hydrogen) atoms. The molecule has 0 saturated carbocycles. The number of Topliss-reactive ketones (excluding diaryl/α,β-unsaturated/α-hetero) is 1. The number of carbonyl (C=O) groups is 2. The van der Waals surface area contributed by atoms with Crippen LogP contribution in [0.5, 0.6) is 0 Å². The van der Waals surface area contributed by atoms with Gasteiger partial charge in [-0.05, 0) is 38.3 Å². The number of hydrogen-bond donors (Lipinski definition) is 0. The third-order valence-corrected chi connectivity index (χ3v) is 2.98. The minimum absolute atomic E-state index is 0.250. The summed E-state index contributed by atoms with van der Waals surface area (Å²) in [6, 6.07) is 7.41. The van der Waals surface area contributed by atoms with Crippen molar-refractivity contribution in [3.05, 3.63) is 35.4 Å². The van der Waals surface area contributed by atoms with E-state index in [0.29, 0.717) is 18.4 Å². The van der Waals surface area contributed by atoms with E-state index in [4.69, 9.17) is 4.74 Å². The van der Waals surface area contributed by atoms with Crippen molar-refractivity contribution in [1.29, 1.82) is 0 Å². The van der Waals surface area contributed by atoms with Crippen LogP contribution in [-0.4, -0.2) is 17.9 Å². The van der Waals surface area contributed by atoms with Crippen LogP contribution in [0, 0.1) is 29.6 Å². The molecule has 106 valence electrons. The Bertz CT molecular complexity index is 678. The molecule has 0 radical (unpaired) electrons. The van der Waals surface area contributed by atoms with E-state index in [-0.39, 0.29) is 6.10 Å². The fraction of sp³-hybridized carbons (Fsp3) is 0.333. The Labute approximate surface area is 124 Å². The van der Waals surface area contributed by atoms with E-state index < -0.39 is 17.7 Å². The summed E-state index contributed by atoms with van der Waals surface area (Å²) in [6.45, 7) is 3.51. The van der Waals surface area contributed by atoms with Crippen molar-refractivity contribution in [3.8, 4) is 23.7 Å². The molecule has 1 unspecified atom stereocenters. The van der Waals surface area contributed by atoms with Gasteiger partial charge in [-0.1, -0.05) is 29.9 Å². The Morgan fingerprint density at radius 2 is 1.86 bits per heavy atom. The number of fused-ring (bicyclic) bond motifs is 1. The van der Waals surface area contributed by atoms with Crippen LogP contribution in [0.15, 0.2) is 24.3 Å². The molecule has 0 spiro atoms. The van der Waals surface area contributed by atoms with Gasteiger partial charge in [0.15, 0.2) is 0 Å². The molecule has 3 heteroatoms. The fourth-order valence-electron chi connectivity index (χ4n) is 1.96. The van der Waals surface area contributed by atoms with Gasteiger partial charge in [-0.25, -0.2) is 0 Å². The molecule has 1 atom stereocenters. The molecular weight excluding hydrogens is 264 g/mol. The first-order valence-electron chi connectivity index (χ1n) is 6.92. The van der Waals surface area contributed by atoms with Gasteiger partial charge >= 0.3 is 5.97 Å². The molecule has 0 heterocycles. The highest BCUT2D eigenvalue weighted by atomic mass is 16.5. The quantitative estimate of drug-likeness (QED) is 0.474. The molecule has 0 amide bonds. The molecule has 0 aromatic heterocycles. The predicted octanol–water partition coefficient (Wildman–Crippen LogP) is 2.32. The second-order valence-corrected chi connectivity index (χ2v) is 5.04. The third-order valence-electron chi connectivity index (χ3n) is 2.98. The van der Waals surface area contributed by atoms with Gasteiger partial charge < -0.3 is 4.74 Å². The van der Waals surface area contributed by atoms with E-state index in [9.17, 15) is 9.59 Å². The Hall–Kier alpha value is -2.52. The van der Waals surface area contributed by atoms with Gasteiger partial charge in [0.25, 0.3) is 0 Å². The lowest BCUT2D eigenvalue weighted by Crippen LogP contribution is -2.27. The van der Waals surface area contributed by atoms with Crippen LogP contribution in [0.4, 0.5) is 0 Å². The van der Waals surface area contributed by atoms with Crippen LogP contribution in [0.3, 0.4) is 0 Å². The summed E-state index contributed by atoms with van der Waals surface area (Å²) < 4.78 is 5.12. The number of hydrogen-bond acceptors (Lipinski definition) is 3.